The Balaban J connectivity index is 1.79. The maximum atomic E-state index is 12.6. The Morgan fingerprint density at radius 1 is 1.33 bits per heavy atom. The highest BCUT2D eigenvalue weighted by molar-refractivity contribution is 5.92. The molecule has 0 aliphatic heterocycles. The van der Waals surface area contributed by atoms with Gasteiger partial charge in [0.15, 0.2) is 0 Å². The van der Waals surface area contributed by atoms with Crippen LogP contribution in [0.4, 0.5) is 10.1 Å². The Bertz CT molecular complexity index is 346. The molecule has 1 amide bonds. The van der Waals surface area contributed by atoms with Gasteiger partial charge < -0.3 is 10.6 Å². The number of carbonyl (C=O) groups excluding carboxylic acids is 1. The largest absolute Gasteiger partial charge is 0.325 e. The molecule has 1 fully saturated rings. The average Bonchev–Trinajstić information content (AvgIpc) is 3.02. The molecule has 1 aliphatic rings. The third-order valence-electron chi connectivity index (χ3n) is 2.26. The van der Waals surface area contributed by atoms with E-state index in [9.17, 15) is 9.18 Å². The van der Waals surface area contributed by atoms with Crippen LogP contribution in [-0.4, -0.2) is 18.5 Å². The van der Waals surface area contributed by atoms with Crippen molar-refractivity contribution in [3.63, 3.8) is 0 Å². The molecule has 0 radical (unpaired) electrons. The van der Waals surface area contributed by atoms with Gasteiger partial charge in [0, 0.05) is 11.7 Å². The Labute approximate surface area is 87.7 Å². The van der Waals surface area contributed by atoms with Gasteiger partial charge in [0.1, 0.15) is 5.82 Å². The van der Waals surface area contributed by atoms with Crippen molar-refractivity contribution < 1.29 is 9.18 Å². The summed E-state index contributed by atoms with van der Waals surface area (Å²) in [5, 5.41) is 5.79. The van der Waals surface area contributed by atoms with E-state index in [1.165, 1.54) is 12.1 Å². The van der Waals surface area contributed by atoms with E-state index in [0.717, 1.165) is 12.8 Å². The molecule has 1 aromatic rings. The van der Waals surface area contributed by atoms with Gasteiger partial charge in [-0.2, -0.15) is 0 Å². The lowest BCUT2D eigenvalue weighted by molar-refractivity contribution is -0.115. The van der Waals surface area contributed by atoms with Crippen molar-refractivity contribution in [3.05, 3.63) is 30.1 Å². The van der Waals surface area contributed by atoms with Gasteiger partial charge in [0.25, 0.3) is 0 Å². The highest BCUT2D eigenvalue weighted by Gasteiger charge is 2.20. The number of halogens is 1. The number of hydrogen-bond acceptors (Lipinski definition) is 2. The van der Waals surface area contributed by atoms with E-state index in [4.69, 9.17) is 0 Å². The van der Waals surface area contributed by atoms with Crippen molar-refractivity contribution in [2.24, 2.45) is 0 Å². The molecule has 0 atom stereocenters. The van der Waals surface area contributed by atoms with Crippen LogP contribution in [0, 0.1) is 5.82 Å². The zero-order valence-corrected chi connectivity index (χ0v) is 8.29. The molecule has 2 N–H and O–H groups in total. The van der Waals surface area contributed by atoms with Gasteiger partial charge in [-0.1, -0.05) is 0 Å². The van der Waals surface area contributed by atoms with Gasteiger partial charge in [-0.25, -0.2) is 4.39 Å². The fourth-order valence-electron chi connectivity index (χ4n) is 1.26. The standard InChI is InChI=1S/C11H13FN2O/c12-8-1-3-10(4-2-8)14-11(15)7-13-9-5-6-9/h1-4,9,13H,5-7H2,(H,14,15). The third kappa shape index (κ3) is 3.32. The summed E-state index contributed by atoms with van der Waals surface area (Å²) in [6, 6.07) is 6.26. The second-order valence-corrected chi connectivity index (χ2v) is 3.71. The van der Waals surface area contributed by atoms with Crippen LogP contribution < -0.4 is 10.6 Å². The Morgan fingerprint density at radius 2 is 2.00 bits per heavy atom. The lowest BCUT2D eigenvalue weighted by Crippen LogP contribution is -2.29. The van der Waals surface area contributed by atoms with Crippen molar-refractivity contribution in [1.82, 2.24) is 5.32 Å². The number of nitrogens with one attached hydrogen (secondary N) is 2. The van der Waals surface area contributed by atoms with E-state index in [1.807, 2.05) is 0 Å². The number of rotatable bonds is 4. The second kappa shape index (κ2) is 4.40. The highest BCUT2D eigenvalue weighted by Crippen LogP contribution is 2.18. The van der Waals surface area contributed by atoms with Crippen LogP contribution in [0.5, 0.6) is 0 Å². The predicted octanol–water partition coefficient (Wildman–Crippen LogP) is 1.52. The Morgan fingerprint density at radius 3 is 2.60 bits per heavy atom. The summed E-state index contributed by atoms with van der Waals surface area (Å²) in [5.41, 5.74) is 0.624. The topological polar surface area (TPSA) is 41.1 Å². The Hall–Kier alpha value is -1.42. The van der Waals surface area contributed by atoms with E-state index in [2.05, 4.69) is 10.6 Å². The number of hydrogen-bond donors (Lipinski definition) is 2. The van der Waals surface area contributed by atoms with Gasteiger partial charge in [-0.3, -0.25) is 4.79 Å². The predicted molar refractivity (Wildman–Crippen MR) is 56.1 cm³/mol. The molecule has 0 bridgehead atoms. The Kier molecular flexibility index (Phi) is 2.97. The van der Waals surface area contributed by atoms with Crippen LogP contribution >= 0.6 is 0 Å². The average molecular weight is 208 g/mol. The van der Waals surface area contributed by atoms with Crippen LogP contribution in [0.15, 0.2) is 24.3 Å². The maximum Gasteiger partial charge on any atom is 0.238 e. The first kappa shape index (κ1) is 10.1. The summed E-state index contributed by atoms with van der Waals surface area (Å²) in [5.74, 6) is -0.391. The summed E-state index contributed by atoms with van der Waals surface area (Å²) in [6.07, 6.45) is 2.31. The molecule has 0 spiro atoms. The number of amides is 1. The zero-order valence-electron chi connectivity index (χ0n) is 8.29. The van der Waals surface area contributed by atoms with Crippen molar-refractivity contribution >= 4 is 11.6 Å². The van der Waals surface area contributed by atoms with Gasteiger partial charge in [0.2, 0.25) is 5.91 Å². The first-order valence-corrected chi connectivity index (χ1v) is 5.03. The van der Waals surface area contributed by atoms with Crippen molar-refractivity contribution in [2.45, 2.75) is 18.9 Å². The molecule has 1 aliphatic carbocycles. The number of anilines is 1. The fourth-order valence-corrected chi connectivity index (χ4v) is 1.26. The highest BCUT2D eigenvalue weighted by atomic mass is 19.1. The summed E-state index contributed by atoms with van der Waals surface area (Å²) in [6.45, 7) is 0.321. The third-order valence-corrected chi connectivity index (χ3v) is 2.26. The minimum Gasteiger partial charge on any atom is -0.325 e. The lowest BCUT2D eigenvalue weighted by Gasteiger charge is -2.05. The van der Waals surface area contributed by atoms with E-state index >= 15 is 0 Å². The minimum absolute atomic E-state index is 0.0893. The summed E-state index contributed by atoms with van der Waals surface area (Å²) in [4.78, 5) is 11.4. The summed E-state index contributed by atoms with van der Waals surface area (Å²) in [7, 11) is 0. The van der Waals surface area contributed by atoms with Crippen LogP contribution in [-0.2, 0) is 4.79 Å². The molecule has 1 saturated carbocycles. The smallest absolute Gasteiger partial charge is 0.238 e. The van der Waals surface area contributed by atoms with Gasteiger partial charge in [-0.05, 0) is 37.1 Å². The summed E-state index contributed by atoms with van der Waals surface area (Å²) >= 11 is 0. The normalized spacial score (nSPS) is 15.0. The molecule has 15 heavy (non-hydrogen) atoms. The van der Waals surface area contributed by atoms with Crippen molar-refractivity contribution in [1.29, 1.82) is 0 Å². The molecule has 0 unspecified atom stereocenters. The lowest BCUT2D eigenvalue weighted by atomic mass is 10.3. The fraction of sp³-hybridized carbons (Fsp3) is 0.364. The molecule has 2 rings (SSSR count). The molecule has 1 aromatic carbocycles. The van der Waals surface area contributed by atoms with Gasteiger partial charge in [0.05, 0.1) is 6.54 Å². The second-order valence-electron chi connectivity index (χ2n) is 3.71. The van der Waals surface area contributed by atoms with E-state index in [-0.39, 0.29) is 11.7 Å². The van der Waals surface area contributed by atoms with Crippen LogP contribution in [0.3, 0.4) is 0 Å². The van der Waals surface area contributed by atoms with Crippen molar-refractivity contribution in [2.75, 3.05) is 11.9 Å². The molecule has 4 heteroatoms. The van der Waals surface area contributed by atoms with E-state index in [0.29, 0.717) is 18.3 Å². The molecule has 3 nitrogen and oxygen atoms in total. The monoisotopic (exact) mass is 208 g/mol. The van der Waals surface area contributed by atoms with E-state index < -0.39 is 0 Å². The van der Waals surface area contributed by atoms with Crippen molar-refractivity contribution in [3.8, 4) is 0 Å². The molecular formula is C11H13FN2O. The number of benzene rings is 1. The molecular weight excluding hydrogens is 195 g/mol. The molecule has 80 valence electrons. The molecule has 0 saturated heterocycles. The first-order chi connectivity index (χ1) is 7.24. The van der Waals surface area contributed by atoms with Crippen LogP contribution in [0.25, 0.3) is 0 Å². The molecule has 0 heterocycles. The van der Waals surface area contributed by atoms with Crippen LogP contribution in [0.2, 0.25) is 0 Å². The SMILES string of the molecule is O=C(CNC1CC1)Nc1ccc(F)cc1. The quantitative estimate of drug-likeness (QED) is 0.787. The first-order valence-electron chi connectivity index (χ1n) is 5.03. The zero-order chi connectivity index (χ0) is 10.7. The maximum absolute atomic E-state index is 12.6. The van der Waals surface area contributed by atoms with Crippen LogP contribution in [0.1, 0.15) is 12.8 Å². The van der Waals surface area contributed by atoms with E-state index in [1.54, 1.807) is 12.1 Å². The van der Waals surface area contributed by atoms with Gasteiger partial charge >= 0.3 is 0 Å². The minimum atomic E-state index is -0.302. The van der Waals surface area contributed by atoms with Gasteiger partial charge in [-0.15, -0.1) is 0 Å². The summed E-state index contributed by atoms with van der Waals surface area (Å²) < 4.78 is 12.6. The molecule has 0 aromatic heterocycles. The number of carbonyl (C=O) groups is 1.